The first-order valence-corrected chi connectivity index (χ1v) is 4.69. The molecule has 1 heterocycles. The number of hydrogen-bond donors (Lipinski definition) is 2. The van der Waals surface area contributed by atoms with Gasteiger partial charge in [0.25, 0.3) is 0 Å². The minimum Gasteiger partial charge on any atom is -0.481 e. The van der Waals surface area contributed by atoms with Gasteiger partial charge < -0.3 is 5.11 Å². The molecule has 0 saturated heterocycles. The second-order valence-corrected chi connectivity index (χ2v) is 4.59. The Morgan fingerprint density at radius 1 is 1.64 bits per heavy atom. The largest absolute Gasteiger partial charge is 0.481 e. The van der Waals surface area contributed by atoms with Gasteiger partial charge in [0, 0.05) is 11.6 Å². The van der Waals surface area contributed by atoms with Gasteiger partial charge in [-0.3, -0.25) is 9.89 Å². The lowest BCUT2D eigenvalue weighted by molar-refractivity contribution is -0.139. The van der Waals surface area contributed by atoms with Crippen LogP contribution >= 0.6 is 0 Å². The number of nitrogens with zero attached hydrogens (tertiary/aromatic N) is 1. The number of hydrogen-bond acceptors (Lipinski definition) is 2. The first-order valence-electron chi connectivity index (χ1n) is 4.69. The predicted molar refractivity (Wildman–Crippen MR) is 51.0 cm³/mol. The van der Waals surface area contributed by atoms with Gasteiger partial charge in [-0.2, -0.15) is 5.10 Å². The Bertz CT molecular complexity index is 381. The SMILES string of the molecule is Cc1cc(C2C(C(=O)O)C2(C)C)n[nH]1. The van der Waals surface area contributed by atoms with E-state index < -0.39 is 5.97 Å². The molecule has 2 atom stereocenters. The summed E-state index contributed by atoms with van der Waals surface area (Å²) in [6, 6.07) is 1.93. The number of H-pyrrole nitrogens is 1. The van der Waals surface area contributed by atoms with Crippen molar-refractivity contribution in [2.24, 2.45) is 11.3 Å². The zero-order valence-corrected chi connectivity index (χ0v) is 8.53. The van der Waals surface area contributed by atoms with Gasteiger partial charge in [0.2, 0.25) is 0 Å². The van der Waals surface area contributed by atoms with Gasteiger partial charge in [0.15, 0.2) is 0 Å². The van der Waals surface area contributed by atoms with Crippen molar-refractivity contribution in [3.8, 4) is 0 Å². The molecule has 4 nitrogen and oxygen atoms in total. The molecule has 1 aromatic heterocycles. The summed E-state index contributed by atoms with van der Waals surface area (Å²) in [5.74, 6) is -0.948. The molecule has 1 aromatic rings. The summed E-state index contributed by atoms with van der Waals surface area (Å²) >= 11 is 0. The Kier molecular flexibility index (Phi) is 1.71. The molecule has 0 bridgehead atoms. The average molecular weight is 194 g/mol. The Hall–Kier alpha value is -1.32. The molecule has 2 unspecified atom stereocenters. The maximum Gasteiger partial charge on any atom is 0.307 e. The zero-order chi connectivity index (χ0) is 10.5. The molecule has 0 radical (unpaired) electrons. The van der Waals surface area contributed by atoms with E-state index in [-0.39, 0.29) is 17.3 Å². The molecular weight excluding hydrogens is 180 g/mol. The van der Waals surface area contributed by atoms with E-state index in [9.17, 15) is 4.79 Å². The van der Waals surface area contributed by atoms with Crippen molar-refractivity contribution < 1.29 is 9.90 Å². The van der Waals surface area contributed by atoms with Crippen molar-refractivity contribution in [2.75, 3.05) is 0 Å². The highest BCUT2D eigenvalue weighted by Crippen LogP contribution is 2.63. The van der Waals surface area contributed by atoms with Crippen LogP contribution in [0.2, 0.25) is 0 Å². The van der Waals surface area contributed by atoms with Gasteiger partial charge >= 0.3 is 5.97 Å². The monoisotopic (exact) mass is 194 g/mol. The molecule has 0 aliphatic heterocycles. The van der Waals surface area contributed by atoms with E-state index in [1.165, 1.54) is 0 Å². The molecule has 2 N–H and O–H groups in total. The van der Waals surface area contributed by atoms with E-state index in [0.29, 0.717) is 0 Å². The predicted octanol–water partition coefficient (Wildman–Crippen LogP) is 1.54. The Morgan fingerprint density at radius 2 is 2.29 bits per heavy atom. The maximum atomic E-state index is 10.9. The number of carbonyl (C=O) groups is 1. The Balaban J connectivity index is 2.27. The van der Waals surface area contributed by atoms with Gasteiger partial charge in [-0.1, -0.05) is 13.8 Å². The van der Waals surface area contributed by atoms with Crippen LogP contribution in [-0.4, -0.2) is 21.3 Å². The summed E-state index contributed by atoms with van der Waals surface area (Å²) in [5, 5.41) is 16.0. The first kappa shape index (κ1) is 9.24. The number of carboxylic acid groups (broad SMARTS) is 1. The second-order valence-electron chi connectivity index (χ2n) is 4.59. The van der Waals surface area contributed by atoms with E-state index in [1.54, 1.807) is 0 Å². The number of rotatable bonds is 2. The van der Waals surface area contributed by atoms with Crippen LogP contribution in [0.15, 0.2) is 6.07 Å². The first-order chi connectivity index (χ1) is 6.44. The van der Waals surface area contributed by atoms with Gasteiger partial charge in [0.1, 0.15) is 0 Å². The minimum absolute atomic E-state index is 0.0601. The molecule has 0 spiro atoms. The van der Waals surface area contributed by atoms with Crippen molar-refractivity contribution in [1.82, 2.24) is 10.2 Å². The van der Waals surface area contributed by atoms with E-state index in [4.69, 9.17) is 5.11 Å². The van der Waals surface area contributed by atoms with Crippen LogP contribution in [-0.2, 0) is 4.79 Å². The van der Waals surface area contributed by atoms with Crippen molar-refractivity contribution in [2.45, 2.75) is 26.7 Å². The van der Waals surface area contributed by atoms with Crippen molar-refractivity contribution >= 4 is 5.97 Å². The van der Waals surface area contributed by atoms with Gasteiger partial charge in [-0.05, 0) is 18.4 Å². The number of aromatic nitrogens is 2. The molecule has 2 rings (SSSR count). The van der Waals surface area contributed by atoms with Crippen LogP contribution in [0, 0.1) is 18.3 Å². The molecule has 0 aromatic carbocycles. The highest BCUT2D eigenvalue weighted by molar-refractivity contribution is 5.77. The minimum atomic E-state index is -0.722. The summed E-state index contributed by atoms with van der Waals surface area (Å²) < 4.78 is 0. The lowest BCUT2D eigenvalue weighted by atomic mass is 10.1. The standard InChI is InChI=1S/C10H14N2O2/c1-5-4-6(12-11-5)7-8(9(13)14)10(7,2)3/h4,7-8H,1-3H3,(H,11,12)(H,13,14). The molecule has 4 heteroatoms. The second kappa shape index (κ2) is 2.59. The summed E-state index contributed by atoms with van der Waals surface area (Å²) in [5.41, 5.74) is 1.69. The van der Waals surface area contributed by atoms with Crippen molar-refractivity contribution in [1.29, 1.82) is 0 Å². The van der Waals surface area contributed by atoms with Crippen LogP contribution < -0.4 is 0 Å². The average Bonchev–Trinajstić information content (AvgIpc) is 2.42. The third kappa shape index (κ3) is 1.14. The third-order valence-electron chi connectivity index (χ3n) is 3.14. The fourth-order valence-electron chi connectivity index (χ4n) is 2.25. The summed E-state index contributed by atoms with van der Waals surface area (Å²) in [6.07, 6.45) is 0. The molecule has 1 saturated carbocycles. The number of nitrogens with one attached hydrogen (secondary N) is 1. The molecule has 14 heavy (non-hydrogen) atoms. The lowest BCUT2D eigenvalue weighted by Gasteiger charge is -1.97. The summed E-state index contributed by atoms with van der Waals surface area (Å²) in [4.78, 5) is 10.9. The highest BCUT2D eigenvalue weighted by atomic mass is 16.4. The van der Waals surface area contributed by atoms with Gasteiger partial charge in [-0.25, -0.2) is 0 Å². The van der Waals surface area contributed by atoms with E-state index in [2.05, 4.69) is 10.2 Å². The zero-order valence-electron chi connectivity index (χ0n) is 8.53. The van der Waals surface area contributed by atoms with E-state index in [1.807, 2.05) is 26.8 Å². The van der Waals surface area contributed by atoms with Gasteiger partial charge in [-0.15, -0.1) is 0 Å². The number of aryl methyl sites for hydroxylation is 1. The number of aromatic amines is 1. The molecule has 1 fully saturated rings. The quantitative estimate of drug-likeness (QED) is 0.750. The Morgan fingerprint density at radius 3 is 2.64 bits per heavy atom. The van der Waals surface area contributed by atoms with E-state index >= 15 is 0 Å². The smallest absolute Gasteiger partial charge is 0.307 e. The topological polar surface area (TPSA) is 66.0 Å². The number of carboxylic acids is 1. The molecule has 1 aliphatic carbocycles. The molecular formula is C10H14N2O2. The molecule has 76 valence electrons. The fraction of sp³-hybridized carbons (Fsp3) is 0.600. The van der Waals surface area contributed by atoms with Crippen molar-refractivity contribution in [3.63, 3.8) is 0 Å². The van der Waals surface area contributed by atoms with Crippen LogP contribution in [0.4, 0.5) is 0 Å². The van der Waals surface area contributed by atoms with Gasteiger partial charge in [0.05, 0.1) is 11.6 Å². The van der Waals surface area contributed by atoms with Crippen LogP contribution in [0.1, 0.15) is 31.2 Å². The lowest BCUT2D eigenvalue weighted by Crippen LogP contribution is -2.03. The molecule has 1 aliphatic rings. The number of aliphatic carboxylic acids is 1. The van der Waals surface area contributed by atoms with Crippen LogP contribution in [0.5, 0.6) is 0 Å². The summed E-state index contributed by atoms with van der Waals surface area (Å²) in [7, 11) is 0. The fourth-order valence-corrected chi connectivity index (χ4v) is 2.25. The van der Waals surface area contributed by atoms with Crippen LogP contribution in [0.25, 0.3) is 0 Å². The normalized spacial score (nSPS) is 28.8. The molecule has 0 amide bonds. The highest BCUT2D eigenvalue weighted by Gasteiger charge is 2.63. The third-order valence-corrected chi connectivity index (χ3v) is 3.14. The maximum absolute atomic E-state index is 10.9. The Labute approximate surface area is 82.3 Å². The van der Waals surface area contributed by atoms with Crippen LogP contribution in [0.3, 0.4) is 0 Å². The summed E-state index contributed by atoms with van der Waals surface area (Å²) in [6.45, 7) is 5.86. The van der Waals surface area contributed by atoms with Crippen molar-refractivity contribution in [3.05, 3.63) is 17.5 Å². The van der Waals surface area contributed by atoms with E-state index in [0.717, 1.165) is 11.4 Å².